The number of nitrogens with zero attached hydrogens (tertiary/aromatic N) is 1. The van der Waals surface area contributed by atoms with Crippen molar-refractivity contribution in [3.63, 3.8) is 0 Å². The van der Waals surface area contributed by atoms with Crippen LogP contribution in [0.15, 0.2) is 51.0 Å². The van der Waals surface area contributed by atoms with Crippen molar-refractivity contribution in [2.24, 2.45) is 5.73 Å². The zero-order chi connectivity index (χ0) is 19.1. The SMILES string of the molecule is N#CC1=C(N)Oc2c(oc(CO)cc2=O)C1c1cccc(C(F)(F)F)c1. The van der Waals surface area contributed by atoms with Gasteiger partial charge in [0, 0.05) is 6.07 Å². The first-order chi connectivity index (χ1) is 12.3. The smallest absolute Gasteiger partial charge is 0.416 e. The maximum absolute atomic E-state index is 13.0. The Labute approximate surface area is 144 Å². The van der Waals surface area contributed by atoms with Crippen LogP contribution in [0.3, 0.4) is 0 Å². The fourth-order valence-electron chi connectivity index (χ4n) is 2.69. The summed E-state index contributed by atoms with van der Waals surface area (Å²) in [5.41, 5.74) is 3.92. The van der Waals surface area contributed by atoms with E-state index in [1.54, 1.807) is 6.07 Å². The van der Waals surface area contributed by atoms with Crippen molar-refractivity contribution in [1.29, 1.82) is 5.26 Å². The van der Waals surface area contributed by atoms with Gasteiger partial charge in [-0.05, 0) is 11.6 Å². The molecule has 3 N–H and O–H groups in total. The van der Waals surface area contributed by atoms with Crippen molar-refractivity contribution in [3.8, 4) is 11.8 Å². The number of nitriles is 1. The number of aliphatic hydroxyl groups is 1. The normalized spacial score (nSPS) is 16.7. The van der Waals surface area contributed by atoms with Gasteiger partial charge in [0.2, 0.25) is 17.1 Å². The van der Waals surface area contributed by atoms with E-state index in [0.717, 1.165) is 18.2 Å². The maximum atomic E-state index is 13.0. The third-order valence-corrected chi connectivity index (χ3v) is 3.83. The highest BCUT2D eigenvalue weighted by Crippen LogP contribution is 2.42. The largest absolute Gasteiger partial charge is 0.458 e. The molecule has 0 aliphatic carbocycles. The zero-order valence-electron chi connectivity index (χ0n) is 13.0. The van der Waals surface area contributed by atoms with E-state index in [-0.39, 0.29) is 28.4 Å². The average Bonchev–Trinajstić information content (AvgIpc) is 2.60. The molecule has 0 spiro atoms. The molecule has 1 aromatic carbocycles. The highest BCUT2D eigenvalue weighted by molar-refractivity contribution is 5.52. The van der Waals surface area contributed by atoms with Crippen LogP contribution in [0.25, 0.3) is 0 Å². The van der Waals surface area contributed by atoms with E-state index in [2.05, 4.69) is 0 Å². The molecule has 2 heterocycles. The number of fused-ring (bicyclic) bond motifs is 1. The first kappa shape index (κ1) is 17.6. The number of rotatable bonds is 2. The van der Waals surface area contributed by atoms with Crippen LogP contribution in [0.2, 0.25) is 0 Å². The second-order valence-electron chi connectivity index (χ2n) is 5.48. The van der Waals surface area contributed by atoms with Crippen molar-refractivity contribution < 1.29 is 27.4 Å². The molecule has 3 rings (SSSR count). The van der Waals surface area contributed by atoms with E-state index in [9.17, 15) is 28.3 Å². The van der Waals surface area contributed by atoms with Gasteiger partial charge in [-0.1, -0.05) is 18.2 Å². The highest BCUT2D eigenvalue weighted by atomic mass is 19.4. The van der Waals surface area contributed by atoms with Crippen LogP contribution in [-0.2, 0) is 12.8 Å². The molecule has 0 saturated carbocycles. The number of benzene rings is 1. The van der Waals surface area contributed by atoms with Crippen molar-refractivity contribution in [3.05, 3.63) is 74.7 Å². The Morgan fingerprint density at radius 2 is 2.04 bits per heavy atom. The number of nitrogens with two attached hydrogens (primary N) is 1. The monoisotopic (exact) mass is 364 g/mol. The minimum absolute atomic E-state index is 0.0436. The van der Waals surface area contributed by atoms with Gasteiger partial charge in [-0.3, -0.25) is 4.79 Å². The summed E-state index contributed by atoms with van der Waals surface area (Å²) in [5, 5.41) is 18.6. The molecule has 1 aliphatic heterocycles. The minimum Gasteiger partial charge on any atom is -0.458 e. The number of allylic oxidation sites excluding steroid dienone is 1. The minimum atomic E-state index is -4.60. The third-order valence-electron chi connectivity index (χ3n) is 3.83. The van der Waals surface area contributed by atoms with E-state index in [1.807, 2.05) is 0 Å². The standard InChI is InChI=1S/C17H11F3N2O4/c18-17(19,20)9-3-1-2-8(4-9)13-11(6-21)16(22)26-14-12(24)5-10(7-23)25-15(13)14/h1-5,13,23H,7,22H2. The van der Waals surface area contributed by atoms with Crippen LogP contribution < -0.4 is 15.9 Å². The molecule has 0 bridgehead atoms. The van der Waals surface area contributed by atoms with Crippen LogP contribution in [0.5, 0.6) is 5.75 Å². The third kappa shape index (κ3) is 2.91. The number of alkyl halides is 3. The maximum Gasteiger partial charge on any atom is 0.416 e. The highest BCUT2D eigenvalue weighted by Gasteiger charge is 2.37. The number of hydrogen-bond acceptors (Lipinski definition) is 6. The molecule has 0 radical (unpaired) electrons. The summed E-state index contributed by atoms with van der Waals surface area (Å²) in [6.45, 7) is -0.612. The fraction of sp³-hybridized carbons (Fsp3) is 0.176. The molecule has 1 atom stereocenters. The van der Waals surface area contributed by atoms with Crippen molar-refractivity contribution in [2.75, 3.05) is 0 Å². The Morgan fingerprint density at radius 1 is 1.31 bits per heavy atom. The van der Waals surface area contributed by atoms with Gasteiger partial charge in [0.1, 0.15) is 24.0 Å². The predicted molar refractivity (Wildman–Crippen MR) is 81.6 cm³/mol. The lowest BCUT2D eigenvalue weighted by Crippen LogP contribution is -2.25. The van der Waals surface area contributed by atoms with E-state index < -0.39 is 35.6 Å². The van der Waals surface area contributed by atoms with Gasteiger partial charge in [-0.25, -0.2) is 0 Å². The number of ether oxygens (including phenoxy) is 1. The van der Waals surface area contributed by atoms with Crippen molar-refractivity contribution >= 4 is 0 Å². The second kappa shape index (κ2) is 6.24. The van der Waals surface area contributed by atoms with E-state index >= 15 is 0 Å². The van der Waals surface area contributed by atoms with Crippen LogP contribution >= 0.6 is 0 Å². The van der Waals surface area contributed by atoms with Crippen LogP contribution in [-0.4, -0.2) is 5.11 Å². The van der Waals surface area contributed by atoms with E-state index in [1.165, 1.54) is 12.1 Å². The summed E-state index contributed by atoms with van der Waals surface area (Å²) >= 11 is 0. The lowest BCUT2D eigenvalue weighted by Gasteiger charge is -2.25. The van der Waals surface area contributed by atoms with Crippen LogP contribution in [0.1, 0.15) is 28.6 Å². The summed E-state index contributed by atoms with van der Waals surface area (Å²) in [4.78, 5) is 12.2. The molecule has 2 aromatic rings. The van der Waals surface area contributed by atoms with Gasteiger partial charge in [-0.15, -0.1) is 0 Å². The predicted octanol–water partition coefficient (Wildman–Crippen LogP) is 2.37. The topological polar surface area (TPSA) is 109 Å². The summed E-state index contributed by atoms with van der Waals surface area (Å²) in [6, 6.07) is 7.01. The van der Waals surface area contributed by atoms with Gasteiger partial charge in [0.15, 0.2) is 5.76 Å². The number of halogens is 3. The first-order valence-electron chi connectivity index (χ1n) is 7.28. The van der Waals surface area contributed by atoms with Gasteiger partial charge in [0.05, 0.1) is 11.5 Å². The van der Waals surface area contributed by atoms with Gasteiger partial charge in [0.25, 0.3) is 0 Å². The Kier molecular flexibility index (Phi) is 4.21. The summed E-state index contributed by atoms with van der Waals surface area (Å²) in [7, 11) is 0. The number of aliphatic hydroxyl groups excluding tert-OH is 1. The van der Waals surface area contributed by atoms with Crippen molar-refractivity contribution in [1.82, 2.24) is 0 Å². The van der Waals surface area contributed by atoms with Gasteiger partial charge < -0.3 is 20.0 Å². The molecule has 9 heteroatoms. The second-order valence-corrected chi connectivity index (χ2v) is 5.48. The molecule has 0 amide bonds. The summed E-state index contributed by atoms with van der Waals surface area (Å²) in [5.74, 6) is -2.21. The lowest BCUT2D eigenvalue weighted by molar-refractivity contribution is -0.137. The quantitative estimate of drug-likeness (QED) is 0.847. The first-order valence-corrected chi connectivity index (χ1v) is 7.28. The molecule has 6 nitrogen and oxygen atoms in total. The van der Waals surface area contributed by atoms with Crippen molar-refractivity contribution in [2.45, 2.75) is 18.7 Å². The Hall–Kier alpha value is -3.25. The summed E-state index contributed by atoms with van der Waals surface area (Å²) < 4.78 is 49.7. The van der Waals surface area contributed by atoms with E-state index in [0.29, 0.717) is 0 Å². The number of hydrogen-bond donors (Lipinski definition) is 2. The fourth-order valence-corrected chi connectivity index (χ4v) is 2.69. The van der Waals surface area contributed by atoms with E-state index in [4.69, 9.17) is 14.9 Å². The molecule has 1 unspecified atom stereocenters. The molecule has 0 saturated heterocycles. The Balaban J connectivity index is 2.28. The molecule has 134 valence electrons. The van der Waals surface area contributed by atoms with Gasteiger partial charge in [-0.2, -0.15) is 18.4 Å². The van der Waals surface area contributed by atoms with Crippen LogP contribution in [0.4, 0.5) is 13.2 Å². The lowest BCUT2D eigenvalue weighted by atomic mass is 9.86. The summed E-state index contributed by atoms with van der Waals surface area (Å²) in [6.07, 6.45) is -4.60. The zero-order valence-corrected chi connectivity index (χ0v) is 13.0. The van der Waals surface area contributed by atoms with Gasteiger partial charge >= 0.3 is 6.18 Å². The molecular weight excluding hydrogens is 353 g/mol. The molecule has 1 aromatic heterocycles. The van der Waals surface area contributed by atoms with Crippen LogP contribution in [0, 0.1) is 11.3 Å². The molecule has 1 aliphatic rings. The molecule has 26 heavy (non-hydrogen) atoms. The molecule has 0 fully saturated rings. The average molecular weight is 364 g/mol. The Morgan fingerprint density at radius 3 is 2.65 bits per heavy atom. The molecular formula is C17H11F3N2O4. The Bertz CT molecular complexity index is 1000.